The Morgan fingerprint density at radius 1 is 1.23 bits per heavy atom. The predicted molar refractivity (Wildman–Crippen MR) is 117 cm³/mol. The molecule has 31 heavy (non-hydrogen) atoms. The Kier molecular flexibility index (Phi) is 6.99. The monoisotopic (exact) mass is 424 g/mol. The van der Waals surface area contributed by atoms with Crippen LogP contribution in [0.3, 0.4) is 0 Å². The minimum Gasteiger partial charge on any atom is -0.360 e. The molecule has 1 aliphatic carbocycles. The molecule has 4 rings (SSSR count). The minimum absolute atomic E-state index is 0.00425. The Morgan fingerprint density at radius 3 is 2.94 bits per heavy atom. The van der Waals surface area contributed by atoms with Crippen molar-refractivity contribution in [3.8, 4) is 0 Å². The number of carbonyl (C=O) groups excluding carboxylic acids is 2. The second-order valence-corrected chi connectivity index (χ2v) is 8.82. The number of pyridine rings is 1. The van der Waals surface area contributed by atoms with Crippen LogP contribution in [-0.2, 0) is 24.1 Å². The number of aromatic nitrogens is 2. The number of fused-ring (bicyclic) bond motifs is 1. The molecule has 0 bridgehead atoms. The van der Waals surface area contributed by atoms with Crippen LogP contribution in [0.2, 0.25) is 0 Å². The number of nitrogens with zero attached hydrogens (tertiary/aromatic N) is 4. The van der Waals surface area contributed by atoms with E-state index in [0.29, 0.717) is 31.1 Å². The number of amides is 2. The molecule has 1 aliphatic heterocycles. The molecule has 0 N–H and O–H groups in total. The Balaban J connectivity index is 1.25. The largest absolute Gasteiger partial charge is 0.360 e. The van der Waals surface area contributed by atoms with Crippen molar-refractivity contribution in [2.75, 3.05) is 26.7 Å². The van der Waals surface area contributed by atoms with Gasteiger partial charge in [-0.15, -0.1) is 0 Å². The van der Waals surface area contributed by atoms with E-state index in [9.17, 15) is 9.59 Å². The molecular formula is C24H32N4O3. The van der Waals surface area contributed by atoms with Gasteiger partial charge < -0.3 is 14.3 Å². The summed E-state index contributed by atoms with van der Waals surface area (Å²) in [6, 6.07) is 5.85. The second-order valence-electron chi connectivity index (χ2n) is 8.82. The molecule has 1 fully saturated rings. The highest BCUT2D eigenvalue weighted by Crippen LogP contribution is 2.27. The van der Waals surface area contributed by atoms with Gasteiger partial charge in [0.1, 0.15) is 5.76 Å². The maximum absolute atomic E-state index is 13.1. The summed E-state index contributed by atoms with van der Waals surface area (Å²) in [6.45, 7) is 2.13. The zero-order chi connectivity index (χ0) is 21.6. The van der Waals surface area contributed by atoms with Crippen molar-refractivity contribution in [2.45, 2.75) is 57.8 Å². The van der Waals surface area contributed by atoms with E-state index in [0.717, 1.165) is 74.9 Å². The van der Waals surface area contributed by atoms with Gasteiger partial charge in [-0.2, -0.15) is 0 Å². The number of rotatable bonds is 7. The third-order valence-electron chi connectivity index (χ3n) is 6.58. The van der Waals surface area contributed by atoms with Crippen molar-refractivity contribution in [3.63, 3.8) is 0 Å². The van der Waals surface area contributed by atoms with Crippen LogP contribution in [0, 0.1) is 5.92 Å². The molecule has 1 atom stereocenters. The summed E-state index contributed by atoms with van der Waals surface area (Å²) in [5, 5.41) is 4.11. The zero-order valence-electron chi connectivity index (χ0n) is 18.4. The number of hydrogen-bond acceptors (Lipinski definition) is 5. The Labute approximate surface area is 183 Å². The molecule has 2 aromatic rings. The average Bonchev–Trinajstić information content (AvgIpc) is 3.25. The fourth-order valence-corrected chi connectivity index (χ4v) is 4.66. The van der Waals surface area contributed by atoms with Crippen molar-refractivity contribution in [1.82, 2.24) is 19.9 Å². The third-order valence-corrected chi connectivity index (χ3v) is 6.58. The number of likely N-dealkylation sites (N-methyl/N-ethyl adjacent to an activating group) is 1. The van der Waals surface area contributed by atoms with Gasteiger partial charge in [0, 0.05) is 63.4 Å². The van der Waals surface area contributed by atoms with Crippen molar-refractivity contribution in [3.05, 3.63) is 47.1 Å². The molecule has 1 unspecified atom stereocenters. The summed E-state index contributed by atoms with van der Waals surface area (Å²) in [4.78, 5) is 33.7. The number of hydrogen-bond donors (Lipinski definition) is 0. The van der Waals surface area contributed by atoms with E-state index in [1.54, 1.807) is 11.1 Å². The van der Waals surface area contributed by atoms with Gasteiger partial charge >= 0.3 is 0 Å². The first-order valence-electron chi connectivity index (χ1n) is 11.5. The molecule has 2 amide bonds. The van der Waals surface area contributed by atoms with Gasteiger partial charge in [0.15, 0.2) is 5.69 Å². The Morgan fingerprint density at radius 2 is 2.10 bits per heavy atom. The highest BCUT2D eigenvalue weighted by atomic mass is 16.5. The van der Waals surface area contributed by atoms with Crippen molar-refractivity contribution >= 4 is 11.8 Å². The standard InChI is InChI=1S/C24H32N4O3/c1-27(16-13-19-8-4-5-14-25-19)22(29)12-11-18-7-6-15-28(17-18)24(30)23-20-9-2-3-10-21(20)31-26-23/h4-5,8,14,18H,2-3,6-7,9-13,15-17H2,1H3. The molecule has 0 spiro atoms. The number of piperidine rings is 1. The van der Waals surface area contributed by atoms with Gasteiger partial charge in [-0.1, -0.05) is 11.2 Å². The third kappa shape index (κ3) is 5.32. The SMILES string of the molecule is CN(CCc1ccccn1)C(=O)CCC1CCCN(C(=O)c2noc3c2CCCC3)C1. The molecule has 7 nitrogen and oxygen atoms in total. The van der Waals surface area contributed by atoms with E-state index in [-0.39, 0.29) is 11.8 Å². The van der Waals surface area contributed by atoms with Crippen molar-refractivity contribution < 1.29 is 14.1 Å². The van der Waals surface area contributed by atoms with Crippen LogP contribution in [0.1, 0.15) is 66.0 Å². The second kappa shape index (κ2) is 10.1. The zero-order valence-corrected chi connectivity index (χ0v) is 18.4. The number of carbonyl (C=O) groups is 2. The van der Waals surface area contributed by atoms with Gasteiger partial charge in [0.2, 0.25) is 5.91 Å². The maximum atomic E-state index is 13.1. The molecular weight excluding hydrogens is 392 g/mol. The summed E-state index contributed by atoms with van der Waals surface area (Å²) >= 11 is 0. The molecule has 0 radical (unpaired) electrons. The van der Waals surface area contributed by atoms with Gasteiger partial charge in [0.05, 0.1) is 0 Å². The first-order chi connectivity index (χ1) is 15.1. The Hall–Kier alpha value is -2.70. The lowest BCUT2D eigenvalue weighted by molar-refractivity contribution is -0.130. The summed E-state index contributed by atoms with van der Waals surface area (Å²) < 4.78 is 5.43. The van der Waals surface area contributed by atoms with Crippen LogP contribution in [-0.4, -0.2) is 58.4 Å². The predicted octanol–water partition coefficient (Wildman–Crippen LogP) is 3.28. The lowest BCUT2D eigenvalue weighted by Gasteiger charge is -2.32. The van der Waals surface area contributed by atoms with Gasteiger partial charge in [-0.05, 0) is 56.6 Å². The van der Waals surface area contributed by atoms with Crippen LogP contribution in [0.4, 0.5) is 0 Å². The van der Waals surface area contributed by atoms with E-state index in [1.807, 2.05) is 30.1 Å². The van der Waals surface area contributed by atoms with E-state index in [1.165, 1.54) is 0 Å². The molecule has 0 saturated carbocycles. The topological polar surface area (TPSA) is 79.5 Å². The first kappa shape index (κ1) is 21.5. The van der Waals surface area contributed by atoms with Gasteiger partial charge in [0.25, 0.3) is 5.91 Å². The fourth-order valence-electron chi connectivity index (χ4n) is 4.66. The van der Waals surface area contributed by atoms with Crippen molar-refractivity contribution in [1.29, 1.82) is 0 Å². The smallest absolute Gasteiger partial charge is 0.276 e. The minimum atomic E-state index is -0.00425. The summed E-state index contributed by atoms with van der Waals surface area (Å²) in [7, 11) is 1.86. The lowest BCUT2D eigenvalue weighted by Crippen LogP contribution is -2.41. The normalized spacial score (nSPS) is 18.5. The molecule has 2 aromatic heterocycles. The maximum Gasteiger partial charge on any atom is 0.276 e. The fraction of sp³-hybridized carbons (Fsp3) is 0.583. The van der Waals surface area contributed by atoms with Crippen molar-refractivity contribution in [2.24, 2.45) is 5.92 Å². The molecule has 1 saturated heterocycles. The lowest BCUT2D eigenvalue weighted by atomic mass is 9.92. The van der Waals surface area contributed by atoms with E-state index >= 15 is 0 Å². The summed E-state index contributed by atoms with van der Waals surface area (Å²) in [5.41, 5.74) is 2.53. The van der Waals surface area contributed by atoms with Crippen LogP contribution in [0.5, 0.6) is 0 Å². The first-order valence-corrected chi connectivity index (χ1v) is 11.5. The molecule has 3 heterocycles. The van der Waals surface area contributed by atoms with Crippen LogP contribution >= 0.6 is 0 Å². The molecule has 166 valence electrons. The van der Waals surface area contributed by atoms with Crippen LogP contribution in [0.15, 0.2) is 28.9 Å². The Bertz CT molecular complexity index is 895. The highest BCUT2D eigenvalue weighted by Gasteiger charge is 2.30. The molecule has 0 aromatic carbocycles. The van der Waals surface area contributed by atoms with E-state index in [4.69, 9.17) is 4.52 Å². The molecule has 7 heteroatoms. The number of aryl methyl sites for hydroxylation is 1. The summed E-state index contributed by atoms with van der Waals surface area (Å²) in [5.74, 6) is 1.40. The van der Waals surface area contributed by atoms with Crippen LogP contribution < -0.4 is 0 Å². The average molecular weight is 425 g/mol. The number of likely N-dealkylation sites (tertiary alicyclic amines) is 1. The highest BCUT2D eigenvalue weighted by molar-refractivity contribution is 5.94. The van der Waals surface area contributed by atoms with Gasteiger partial charge in [-0.3, -0.25) is 14.6 Å². The summed E-state index contributed by atoms with van der Waals surface area (Å²) in [6.07, 6.45) is 9.87. The van der Waals surface area contributed by atoms with E-state index in [2.05, 4.69) is 10.1 Å². The molecule has 2 aliphatic rings. The van der Waals surface area contributed by atoms with E-state index < -0.39 is 0 Å². The quantitative estimate of drug-likeness (QED) is 0.681. The van der Waals surface area contributed by atoms with Gasteiger partial charge in [-0.25, -0.2) is 0 Å². The van der Waals surface area contributed by atoms with Crippen LogP contribution in [0.25, 0.3) is 0 Å².